The number of thioether (sulfide) groups is 1. The summed E-state index contributed by atoms with van der Waals surface area (Å²) >= 11 is 1.60. The molecule has 1 saturated heterocycles. The number of rotatable bonds is 4. The van der Waals surface area contributed by atoms with Crippen LogP contribution in [-0.4, -0.2) is 64.4 Å². The van der Waals surface area contributed by atoms with Crippen LogP contribution >= 0.6 is 11.8 Å². The molecular weight excluding hydrogens is 266 g/mol. The smallest absolute Gasteiger partial charge is 0.226 e. The minimum absolute atomic E-state index is 0.0193. The SMILES string of the molecule is CCC(=O)N1CN(C(C)=O)CN(C(=O)CCSC)C1. The average Bonchev–Trinajstić information content (AvgIpc) is 2.43. The topological polar surface area (TPSA) is 60.9 Å². The van der Waals surface area contributed by atoms with E-state index in [4.69, 9.17) is 0 Å². The van der Waals surface area contributed by atoms with E-state index >= 15 is 0 Å². The standard InChI is InChI=1S/C12H21N3O3S/c1-4-11(17)14-7-13(10(2)16)8-15(9-14)12(18)5-6-19-3/h4-9H2,1-3H3. The Hall–Kier alpha value is -1.24. The van der Waals surface area contributed by atoms with Crippen molar-refractivity contribution in [1.82, 2.24) is 14.7 Å². The molecule has 0 aromatic carbocycles. The fraction of sp³-hybridized carbons (Fsp3) is 0.750. The second-order valence-electron chi connectivity index (χ2n) is 4.45. The maximum Gasteiger partial charge on any atom is 0.226 e. The van der Waals surface area contributed by atoms with Crippen molar-refractivity contribution in [2.75, 3.05) is 32.0 Å². The maximum atomic E-state index is 12.0. The van der Waals surface area contributed by atoms with Gasteiger partial charge in [-0.3, -0.25) is 14.4 Å². The molecule has 1 rings (SSSR count). The van der Waals surface area contributed by atoms with E-state index in [9.17, 15) is 14.4 Å². The molecule has 0 bridgehead atoms. The van der Waals surface area contributed by atoms with Crippen molar-refractivity contribution < 1.29 is 14.4 Å². The molecule has 0 aliphatic carbocycles. The van der Waals surface area contributed by atoms with E-state index in [-0.39, 0.29) is 37.7 Å². The lowest BCUT2D eigenvalue weighted by Gasteiger charge is -2.41. The molecule has 108 valence electrons. The lowest BCUT2D eigenvalue weighted by molar-refractivity contribution is -0.157. The predicted molar refractivity (Wildman–Crippen MR) is 74.1 cm³/mol. The van der Waals surface area contributed by atoms with Crippen LogP contribution in [0.2, 0.25) is 0 Å². The van der Waals surface area contributed by atoms with Gasteiger partial charge in [0, 0.05) is 25.5 Å². The van der Waals surface area contributed by atoms with Crippen molar-refractivity contribution in [1.29, 1.82) is 0 Å². The van der Waals surface area contributed by atoms with Crippen LogP contribution in [0.1, 0.15) is 26.7 Å². The molecule has 7 heteroatoms. The summed E-state index contributed by atoms with van der Waals surface area (Å²) in [5, 5.41) is 0. The second-order valence-corrected chi connectivity index (χ2v) is 5.43. The first-order chi connectivity index (χ1) is 8.99. The first kappa shape index (κ1) is 15.8. The fourth-order valence-corrected chi connectivity index (χ4v) is 2.22. The summed E-state index contributed by atoms with van der Waals surface area (Å²) in [4.78, 5) is 39.9. The molecule has 0 spiro atoms. The molecule has 3 amide bonds. The molecule has 0 saturated carbocycles. The van der Waals surface area contributed by atoms with Crippen molar-refractivity contribution in [3.8, 4) is 0 Å². The highest BCUT2D eigenvalue weighted by atomic mass is 32.2. The third-order valence-corrected chi connectivity index (χ3v) is 3.61. The molecule has 6 nitrogen and oxygen atoms in total. The predicted octanol–water partition coefficient (Wildman–Crippen LogP) is 0.541. The Bertz CT molecular complexity index is 362. The molecule has 1 aliphatic heterocycles. The van der Waals surface area contributed by atoms with Crippen LogP contribution in [0, 0.1) is 0 Å². The van der Waals surface area contributed by atoms with Crippen LogP contribution in [0.25, 0.3) is 0 Å². The number of hydrogen-bond acceptors (Lipinski definition) is 4. The summed E-state index contributed by atoms with van der Waals surface area (Å²) in [7, 11) is 0. The molecule has 0 aromatic heterocycles. The van der Waals surface area contributed by atoms with Crippen LogP contribution in [0.5, 0.6) is 0 Å². The van der Waals surface area contributed by atoms with Gasteiger partial charge in [0.05, 0.1) is 20.0 Å². The lowest BCUT2D eigenvalue weighted by Crippen LogP contribution is -2.59. The van der Waals surface area contributed by atoms with Gasteiger partial charge in [-0.1, -0.05) is 6.92 Å². The molecule has 0 atom stereocenters. The fourth-order valence-electron chi connectivity index (χ4n) is 1.84. The van der Waals surface area contributed by atoms with E-state index < -0.39 is 0 Å². The summed E-state index contributed by atoms with van der Waals surface area (Å²) in [6.07, 6.45) is 2.75. The Morgan fingerprint density at radius 2 is 1.53 bits per heavy atom. The molecule has 19 heavy (non-hydrogen) atoms. The summed E-state index contributed by atoms with van der Waals surface area (Å²) in [6.45, 7) is 4.05. The summed E-state index contributed by atoms with van der Waals surface area (Å²) < 4.78 is 0. The van der Waals surface area contributed by atoms with Crippen LogP contribution in [0.3, 0.4) is 0 Å². The zero-order chi connectivity index (χ0) is 14.4. The summed E-state index contributed by atoms with van der Waals surface area (Å²) in [6, 6.07) is 0. The number of amides is 3. The largest absolute Gasteiger partial charge is 0.307 e. The van der Waals surface area contributed by atoms with Gasteiger partial charge in [-0.15, -0.1) is 0 Å². The highest BCUT2D eigenvalue weighted by Gasteiger charge is 2.29. The third-order valence-electron chi connectivity index (χ3n) is 3.00. The molecule has 1 fully saturated rings. The van der Waals surface area contributed by atoms with Gasteiger partial charge in [0.1, 0.15) is 0 Å². The average molecular weight is 287 g/mol. The Morgan fingerprint density at radius 1 is 1.00 bits per heavy atom. The number of carbonyl (C=O) groups excluding carboxylic acids is 3. The molecular formula is C12H21N3O3S. The highest BCUT2D eigenvalue weighted by Crippen LogP contribution is 2.11. The zero-order valence-electron chi connectivity index (χ0n) is 11.7. The van der Waals surface area contributed by atoms with Gasteiger partial charge in [0.25, 0.3) is 0 Å². The Labute approximate surface area is 118 Å². The minimum Gasteiger partial charge on any atom is -0.307 e. The van der Waals surface area contributed by atoms with Crippen molar-refractivity contribution in [2.24, 2.45) is 0 Å². The van der Waals surface area contributed by atoms with Crippen LogP contribution in [0.4, 0.5) is 0 Å². The lowest BCUT2D eigenvalue weighted by atomic mass is 10.3. The summed E-state index contributed by atoms with van der Waals surface area (Å²) in [5.74, 6) is 0.552. The zero-order valence-corrected chi connectivity index (χ0v) is 12.5. The number of hydrogen-bond donors (Lipinski definition) is 0. The molecule has 0 N–H and O–H groups in total. The van der Waals surface area contributed by atoms with Crippen LogP contribution in [-0.2, 0) is 14.4 Å². The van der Waals surface area contributed by atoms with Crippen molar-refractivity contribution in [2.45, 2.75) is 26.7 Å². The van der Waals surface area contributed by atoms with Crippen LogP contribution in [0.15, 0.2) is 0 Å². The molecule has 1 aliphatic rings. The van der Waals surface area contributed by atoms with Gasteiger partial charge < -0.3 is 14.7 Å². The number of carbonyl (C=O) groups is 3. The molecule has 1 heterocycles. The van der Waals surface area contributed by atoms with Gasteiger partial charge >= 0.3 is 0 Å². The van der Waals surface area contributed by atoms with E-state index in [0.29, 0.717) is 12.8 Å². The third kappa shape index (κ3) is 4.41. The van der Waals surface area contributed by atoms with E-state index in [0.717, 1.165) is 5.75 Å². The monoisotopic (exact) mass is 287 g/mol. The van der Waals surface area contributed by atoms with Gasteiger partial charge in [0.15, 0.2) is 0 Å². The van der Waals surface area contributed by atoms with Crippen molar-refractivity contribution >= 4 is 29.5 Å². The number of nitrogens with zero attached hydrogens (tertiary/aromatic N) is 3. The van der Waals surface area contributed by atoms with E-state index in [1.165, 1.54) is 11.8 Å². The van der Waals surface area contributed by atoms with E-state index in [2.05, 4.69) is 0 Å². The van der Waals surface area contributed by atoms with Gasteiger partial charge in [-0.2, -0.15) is 11.8 Å². The Morgan fingerprint density at radius 3 is 2.00 bits per heavy atom. The first-order valence-corrected chi connectivity index (χ1v) is 7.69. The Balaban J connectivity index is 2.72. The van der Waals surface area contributed by atoms with Crippen molar-refractivity contribution in [3.05, 3.63) is 0 Å². The van der Waals surface area contributed by atoms with E-state index in [1.807, 2.05) is 6.26 Å². The quantitative estimate of drug-likeness (QED) is 0.757. The normalized spacial score (nSPS) is 15.6. The van der Waals surface area contributed by atoms with Crippen LogP contribution < -0.4 is 0 Å². The van der Waals surface area contributed by atoms with Gasteiger partial charge in [-0.25, -0.2) is 0 Å². The van der Waals surface area contributed by atoms with Crippen molar-refractivity contribution in [3.63, 3.8) is 0 Å². The second kappa shape index (κ2) is 7.37. The van der Waals surface area contributed by atoms with Gasteiger partial charge in [-0.05, 0) is 6.26 Å². The molecule has 0 radical (unpaired) electrons. The molecule has 0 unspecified atom stereocenters. The van der Waals surface area contributed by atoms with E-state index in [1.54, 1.807) is 28.5 Å². The first-order valence-electron chi connectivity index (χ1n) is 6.29. The summed E-state index contributed by atoms with van der Waals surface area (Å²) in [5.41, 5.74) is 0. The van der Waals surface area contributed by atoms with Gasteiger partial charge in [0.2, 0.25) is 17.7 Å². The minimum atomic E-state index is -0.128. The molecule has 0 aromatic rings. The highest BCUT2D eigenvalue weighted by molar-refractivity contribution is 7.98. The maximum absolute atomic E-state index is 12.0. The Kier molecular flexibility index (Phi) is 6.14.